The van der Waals surface area contributed by atoms with Gasteiger partial charge >= 0.3 is 12.3 Å². The molecule has 2 N–H and O–H groups in total. The van der Waals surface area contributed by atoms with Gasteiger partial charge in [-0.25, -0.2) is 9.48 Å². The summed E-state index contributed by atoms with van der Waals surface area (Å²) in [4.78, 5) is 36.3. The second kappa shape index (κ2) is 10.4. The van der Waals surface area contributed by atoms with Gasteiger partial charge in [0.15, 0.2) is 17.1 Å². The SMILES string of the molecule is COc1cc(C(=O)NCC(=O)NCCCn2nc3ccccn3c2=O)ccc1OC(F)F. The van der Waals surface area contributed by atoms with Crippen molar-refractivity contribution in [2.45, 2.75) is 19.6 Å². The van der Waals surface area contributed by atoms with E-state index in [1.807, 2.05) is 0 Å². The molecule has 0 aliphatic rings. The first-order valence-electron chi connectivity index (χ1n) is 9.61. The summed E-state index contributed by atoms with van der Waals surface area (Å²) in [5, 5.41) is 9.26. The highest BCUT2D eigenvalue weighted by Gasteiger charge is 2.15. The van der Waals surface area contributed by atoms with E-state index in [1.54, 1.807) is 24.4 Å². The van der Waals surface area contributed by atoms with E-state index in [9.17, 15) is 23.2 Å². The summed E-state index contributed by atoms with van der Waals surface area (Å²) in [5.74, 6) is -1.25. The van der Waals surface area contributed by atoms with Crippen molar-refractivity contribution in [1.29, 1.82) is 0 Å². The Labute approximate surface area is 180 Å². The molecule has 0 saturated heterocycles. The number of methoxy groups -OCH3 is 1. The number of aromatic nitrogens is 3. The Morgan fingerprint density at radius 1 is 1.16 bits per heavy atom. The maximum atomic E-state index is 12.4. The fourth-order valence-electron chi connectivity index (χ4n) is 2.90. The van der Waals surface area contributed by atoms with Crippen molar-refractivity contribution in [1.82, 2.24) is 24.8 Å². The van der Waals surface area contributed by atoms with E-state index in [0.29, 0.717) is 18.6 Å². The molecule has 0 aliphatic heterocycles. The molecule has 0 radical (unpaired) electrons. The lowest BCUT2D eigenvalue weighted by atomic mass is 10.2. The Bertz CT molecular complexity index is 1160. The number of carbonyl (C=O) groups excluding carboxylic acids is 2. The van der Waals surface area contributed by atoms with Crippen molar-refractivity contribution < 1.29 is 27.8 Å². The zero-order valence-electron chi connectivity index (χ0n) is 17.1. The lowest BCUT2D eigenvalue weighted by Crippen LogP contribution is -2.37. The minimum atomic E-state index is -3.03. The zero-order valence-corrected chi connectivity index (χ0v) is 17.1. The number of amides is 2. The maximum absolute atomic E-state index is 12.4. The normalized spacial score (nSPS) is 10.9. The van der Waals surface area contributed by atoms with Crippen molar-refractivity contribution in [2.75, 3.05) is 20.2 Å². The summed E-state index contributed by atoms with van der Waals surface area (Å²) in [6.45, 7) is -2.72. The summed E-state index contributed by atoms with van der Waals surface area (Å²) in [6.07, 6.45) is 2.09. The Hall–Kier alpha value is -3.96. The summed E-state index contributed by atoms with van der Waals surface area (Å²) in [7, 11) is 1.25. The van der Waals surface area contributed by atoms with Crippen LogP contribution in [0.3, 0.4) is 0 Å². The van der Waals surface area contributed by atoms with Crippen LogP contribution >= 0.6 is 0 Å². The molecule has 10 nitrogen and oxygen atoms in total. The smallest absolute Gasteiger partial charge is 0.387 e. The first kappa shape index (κ1) is 22.7. The fourth-order valence-corrected chi connectivity index (χ4v) is 2.90. The van der Waals surface area contributed by atoms with Crippen LogP contribution in [0, 0.1) is 0 Å². The Morgan fingerprint density at radius 3 is 2.69 bits per heavy atom. The van der Waals surface area contributed by atoms with Crippen molar-refractivity contribution in [2.24, 2.45) is 0 Å². The Morgan fingerprint density at radius 2 is 1.97 bits per heavy atom. The molecule has 2 heterocycles. The number of fused-ring (bicyclic) bond motifs is 1. The molecule has 12 heteroatoms. The molecular weight excluding hydrogens is 428 g/mol. The number of alkyl halides is 2. The predicted molar refractivity (Wildman–Crippen MR) is 109 cm³/mol. The number of ether oxygens (including phenoxy) is 2. The van der Waals surface area contributed by atoms with Crippen LogP contribution in [0.4, 0.5) is 8.78 Å². The lowest BCUT2D eigenvalue weighted by molar-refractivity contribution is -0.120. The third-order valence-corrected chi connectivity index (χ3v) is 4.41. The summed E-state index contributed by atoms with van der Waals surface area (Å²) < 4.78 is 36.7. The largest absolute Gasteiger partial charge is 0.493 e. The van der Waals surface area contributed by atoms with Crippen LogP contribution in [-0.2, 0) is 11.3 Å². The number of hydrogen-bond donors (Lipinski definition) is 2. The van der Waals surface area contributed by atoms with Gasteiger partial charge in [-0.1, -0.05) is 6.07 Å². The second-order valence-corrected chi connectivity index (χ2v) is 6.56. The molecule has 0 spiro atoms. The topological polar surface area (TPSA) is 116 Å². The van der Waals surface area contributed by atoms with E-state index in [2.05, 4.69) is 20.5 Å². The number of aryl methyl sites for hydroxylation is 1. The first-order valence-corrected chi connectivity index (χ1v) is 9.61. The molecular formula is C20H21F2N5O5. The minimum Gasteiger partial charge on any atom is -0.493 e. The van der Waals surface area contributed by atoms with E-state index >= 15 is 0 Å². The maximum Gasteiger partial charge on any atom is 0.387 e. The molecule has 0 saturated carbocycles. The molecule has 0 unspecified atom stereocenters. The molecule has 32 heavy (non-hydrogen) atoms. The third kappa shape index (κ3) is 5.59. The standard InChI is InChI=1S/C20H21F2N5O5/c1-31-15-11-13(6-7-14(15)32-19(21)22)18(29)24-12-17(28)23-8-4-10-27-20(30)26-9-3-2-5-16(26)25-27/h2-3,5-7,9,11,19H,4,8,10,12H2,1H3,(H,23,28)(H,24,29). The molecule has 1 aromatic carbocycles. The predicted octanol–water partition coefficient (Wildman–Crippen LogP) is 1.04. The van der Waals surface area contributed by atoms with Crippen molar-refractivity contribution in [3.63, 3.8) is 0 Å². The van der Waals surface area contributed by atoms with Gasteiger partial charge in [-0.05, 0) is 36.8 Å². The van der Waals surface area contributed by atoms with E-state index < -0.39 is 18.4 Å². The highest BCUT2D eigenvalue weighted by molar-refractivity contribution is 5.97. The average Bonchev–Trinajstić information content (AvgIpc) is 3.10. The number of hydrogen-bond acceptors (Lipinski definition) is 6. The van der Waals surface area contributed by atoms with Gasteiger partial charge in [-0.3, -0.25) is 14.0 Å². The van der Waals surface area contributed by atoms with Crippen LogP contribution in [0.2, 0.25) is 0 Å². The second-order valence-electron chi connectivity index (χ2n) is 6.56. The van der Waals surface area contributed by atoms with Crippen molar-refractivity contribution >= 4 is 17.5 Å². The van der Waals surface area contributed by atoms with Gasteiger partial charge < -0.3 is 20.1 Å². The summed E-state index contributed by atoms with van der Waals surface area (Å²) >= 11 is 0. The monoisotopic (exact) mass is 449 g/mol. The zero-order chi connectivity index (χ0) is 23.1. The van der Waals surface area contributed by atoms with Gasteiger partial charge in [0.25, 0.3) is 5.91 Å². The molecule has 0 aliphatic carbocycles. The Kier molecular flexibility index (Phi) is 7.37. The molecule has 3 aromatic rings. The van der Waals surface area contributed by atoms with Gasteiger partial charge in [-0.2, -0.15) is 8.78 Å². The summed E-state index contributed by atoms with van der Waals surface area (Å²) in [6, 6.07) is 8.93. The van der Waals surface area contributed by atoms with Crippen molar-refractivity contribution in [3.05, 3.63) is 58.6 Å². The molecule has 3 rings (SSSR count). The highest BCUT2D eigenvalue weighted by Crippen LogP contribution is 2.29. The molecule has 0 atom stereocenters. The van der Waals surface area contributed by atoms with Crippen LogP contribution in [0.1, 0.15) is 16.8 Å². The number of halogens is 2. The minimum absolute atomic E-state index is 0.0374. The quantitative estimate of drug-likeness (QED) is 0.447. The molecule has 170 valence electrons. The molecule has 2 aromatic heterocycles. The van der Waals surface area contributed by atoms with Gasteiger partial charge in [-0.15, -0.1) is 5.10 Å². The van der Waals surface area contributed by atoms with Crippen molar-refractivity contribution in [3.8, 4) is 11.5 Å². The number of carbonyl (C=O) groups is 2. The summed E-state index contributed by atoms with van der Waals surface area (Å²) in [5.41, 5.74) is 0.386. The molecule has 2 amide bonds. The number of rotatable bonds is 10. The highest BCUT2D eigenvalue weighted by atomic mass is 19.3. The van der Waals surface area contributed by atoms with E-state index in [4.69, 9.17) is 4.74 Å². The molecule has 0 fully saturated rings. The van der Waals surface area contributed by atoms with Crippen LogP contribution in [-0.4, -0.2) is 52.8 Å². The first-order chi connectivity index (χ1) is 15.4. The van der Waals surface area contributed by atoms with Crippen LogP contribution in [0.5, 0.6) is 11.5 Å². The van der Waals surface area contributed by atoms with Gasteiger partial charge in [0.2, 0.25) is 5.91 Å². The number of nitrogens with zero attached hydrogens (tertiary/aromatic N) is 3. The Balaban J connectivity index is 1.44. The van der Waals surface area contributed by atoms with E-state index in [0.717, 1.165) is 0 Å². The van der Waals surface area contributed by atoms with Gasteiger partial charge in [0, 0.05) is 24.8 Å². The molecule has 0 bridgehead atoms. The van der Waals surface area contributed by atoms with Crippen LogP contribution < -0.4 is 25.8 Å². The van der Waals surface area contributed by atoms with Gasteiger partial charge in [0.05, 0.1) is 13.7 Å². The fraction of sp³-hybridized carbons (Fsp3) is 0.300. The average molecular weight is 449 g/mol. The van der Waals surface area contributed by atoms with E-state index in [-0.39, 0.29) is 35.8 Å². The number of pyridine rings is 1. The number of nitrogens with one attached hydrogen (secondary N) is 2. The number of benzene rings is 1. The van der Waals surface area contributed by atoms with Crippen LogP contribution in [0.15, 0.2) is 47.4 Å². The lowest BCUT2D eigenvalue weighted by Gasteiger charge is -2.11. The van der Waals surface area contributed by atoms with Gasteiger partial charge in [0.1, 0.15) is 0 Å². The third-order valence-electron chi connectivity index (χ3n) is 4.41. The van der Waals surface area contributed by atoms with Crippen LogP contribution in [0.25, 0.3) is 5.65 Å². The van der Waals surface area contributed by atoms with E-state index in [1.165, 1.54) is 34.4 Å².